The molecule has 0 atom stereocenters. The number of rotatable bonds is 3. The van der Waals surface area contributed by atoms with Crippen molar-refractivity contribution < 1.29 is 13.6 Å². The van der Waals surface area contributed by atoms with Crippen molar-refractivity contribution >= 4 is 39.0 Å². The average molecular weight is 333 g/mol. The van der Waals surface area contributed by atoms with Crippen molar-refractivity contribution in [3.63, 3.8) is 0 Å². The molecule has 0 unspecified atom stereocenters. The van der Waals surface area contributed by atoms with Crippen molar-refractivity contribution in [1.29, 1.82) is 0 Å². The zero-order valence-electron chi connectivity index (χ0n) is 10.2. The first-order valence-electron chi connectivity index (χ1n) is 5.77. The van der Waals surface area contributed by atoms with Crippen molar-refractivity contribution in [3.05, 3.63) is 58.7 Å². The van der Waals surface area contributed by atoms with Crippen molar-refractivity contribution in [3.8, 4) is 0 Å². The number of hydrogen-bond donors (Lipinski definition) is 1. The second-order valence-electron chi connectivity index (χ2n) is 4.05. The molecule has 1 amide bonds. The normalized spacial score (nSPS) is 11.2. The van der Waals surface area contributed by atoms with Crippen LogP contribution in [0.15, 0.2) is 61.3 Å². The molecule has 20 heavy (non-hydrogen) atoms. The summed E-state index contributed by atoms with van der Waals surface area (Å²) in [5, 5.41) is 4.67. The van der Waals surface area contributed by atoms with E-state index in [9.17, 15) is 4.79 Å². The minimum Gasteiger partial charge on any atom is -0.472 e. The molecule has 0 spiro atoms. The summed E-state index contributed by atoms with van der Waals surface area (Å²) in [6.45, 7) is 0. The molecule has 1 aromatic carbocycles. The molecule has 3 aromatic rings. The molecule has 0 saturated heterocycles. The lowest BCUT2D eigenvalue weighted by molar-refractivity contribution is 0.0929. The van der Waals surface area contributed by atoms with Gasteiger partial charge in [0.15, 0.2) is 5.76 Å². The van der Waals surface area contributed by atoms with Crippen molar-refractivity contribution in [2.45, 2.75) is 0 Å². The smallest absolute Gasteiger partial charge is 0.307 e. The highest BCUT2D eigenvalue weighted by Crippen LogP contribution is 2.23. The fourth-order valence-corrected chi connectivity index (χ4v) is 2.07. The first-order valence-corrected chi connectivity index (χ1v) is 6.56. The second-order valence-corrected chi connectivity index (χ2v) is 4.96. The van der Waals surface area contributed by atoms with Gasteiger partial charge in [0.25, 0.3) is 0 Å². The van der Waals surface area contributed by atoms with E-state index in [1.165, 1.54) is 18.7 Å². The predicted molar refractivity (Wildman–Crippen MR) is 77.7 cm³/mol. The number of carbonyl (C=O) groups is 1. The van der Waals surface area contributed by atoms with E-state index in [0.717, 1.165) is 15.4 Å². The highest BCUT2D eigenvalue weighted by atomic mass is 79.9. The molecule has 2 aromatic heterocycles. The van der Waals surface area contributed by atoms with Crippen LogP contribution < -0.4 is 5.43 Å². The molecule has 1 N–H and O–H groups in total. The van der Waals surface area contributed by atoms with Gasteiger partial charge in [0.2, 0.25) is 0 Å². The Bertz CT molecular complexity index is 775. The van der Waals surface area contributed by atoms with Crippen LogP contribution in [-0.4, -0.2) is 12.1 Å². The van der Waals surface area contributed by atoms with Gasteiger partial charge in [-0.1, -0.05) is 15.9 Å². The van der Waals surface area contributed by atoms with Crippen molar-refractivity contribution in [1.82, 2.24) is 5.43 Å². The summed E-state index contributed by atoms with van der Waals surface area (Å²) in [5.41, 5.74) is 3.81. The van der Waals surface area contributed by atoms with Crippen LogP contribution in [0.3, 0.4) is 0 Å². The third-order valence-corrected chi connectivity index (χ3v) is 3.12. The number of fused-ring (bicyclic) bond motifs is 1. The number of nitrogens with zero attached hydrogens (tertiary/aromatic N) is 1. The van der Waals surface area contributed by atoms with Crippen LogP contribution in [0.5, 0.6) is 0 Å². The molecular weight excluding hydrogens is 324 g/mol. The van der Waals surface area contributed by atoms with Crippen LogP contribution in [0.2, 0.25) is 0 Å². The van der Waals surface area contributed by atoms with E-state index in [0.29, 0.717) is 5.58 Å². The number of hydrogen-bond acceptors (Lipinski definition) is 4. The summed E-state index contributed by atoms with van der Waals surface area (Å²) in [4.78, 5) is 11.9. The van der Waals surface area contributed by atoms with E-state index in [-0.39, 0.29) is 5.76 Å². The van der Waals surface area contributed by atoms with Gasteiger partial charge in [0, 0.05) is 15.4 Å². The first-order chi connectivity index (χ1) is 9.72. The maximum absolute atomic E-state index is 11.9. The van der Waals surface area contributed by atoms with Crippen LogP contribution in [0, 0.1) is 0 Å². The third kappa shape index (κ3) is 2.65. The molecule has 0 aliphatic carbocycles. The number of carbonyl (C=O) groups excluding carboxylic acids is 1. The van der Waals surface area contributed by atoms with Gasteiger partial charge in [-0.15, -0.1) is 0 Å². The monoisotopic (exact) mass is 332 g/mol. The summed E-state index contributed by atoms with van der Waals surface area (Å²) in [6, 6.07) is 8.93. The second kappa shape index (κ2) is 5.34. The quantitative estimate of drug-likeness (QED) is 0.589. The van der Waals surface area contributed by atoms with Crippen LogP contribution in [0.1, 0.15) is 16.1 Å². The third-order valence-electron chi connectivity index (χ3n) is 2.63. The van der Waals surface area contributed by atoms with Gasteiger partial charge in [-0.25, -0.2) is 5.43 Å². The number of furan rings is 2. The lowest BCUT2D eigenvalue weighted by Gasteiger charge is -1.93. The molecule has 6 heteroatoms. The van der Waals surface area contributed by atoms with Crippen LogP contribution in [-0.2, 0) is 0 Å². The lowest BCUT2D eigenvalue weighted by Crippen LogP contribution is -2.16. The molecule has 0 fully saturated rings. The maximum atomic E-state index is 11.9. The Morgan fingerprint density at radius 3 is 3.00 bits per heavy atom. The standard InChI is InChI=1S/C14H9BrN2O3/c15-11-1-2-12-10(5-11)6-13(20-12)14(18)17-16-7-9-3-4-19-8-9/h1-8H,(H,17,18)/b16-7+. The van der Waals surface area contributed by atoms with Gasteiger partial charge in [0.05, 0.1) is 18.7 Å². The molecule has 100 valence electrons. The molecule has 0 aliphatic rings. The molecule has 2 heterocycles. The molecule has 0 radical (unpaired) electrons. The molecule has 0 bridgehead atoms. The van der Waals surface area contributed by atoms with Gasteiger partial charge >= 0.3 is 5.91 Å². The fraction of sp³-hybridized carbons (Fsp3) is 0. The summed E-state index contributed by atoms with van der Waals surface area (Å²) in [7, 11) is 0. The fourth-order valence-electron chi connectivity index (χ4n) is 1.70. The van der Waals surface area contributed by atoms with E-state index >= 15 is 0 Å². The Morgan fingerprint density at radius 1 is 1.30 bits per heavy atom. The van der Waals surface area contributed by atoms with Gasteiger partial charge < -0.3 is 8.83 Å². The minimum atomic E-state index is -0.405. The molecule has 0 saturated carbocycles. The molecule has 3 rings (SSSR count). The van der Waals surface area contributed by atoms with Crippen LogP contribution >= 0.6 is 15.9 Å². The maximum Gasteiger partial charge on any atom is 0.307 e. The Morgan fingerprint density at radius 2 is 2.20 bits per heavy atom. The van der Waals surface area contributed by atoms with E-state index in [4.69, 9.17) is 8.83 Å². The summed E-state index contributed by atoms with van der Waals surface area (Å²) in [5.74, 6) is -0.195. The average Bonchev–Trinajstić information content (AvgIpc) is 3.06. The number of nitrogens with one attached hydrogen (secondary N) is 1. The number of hydrazone groups is 1. The van der Waals surface area contributed by atoms with Crippen molar-refractivity contribution in [2.75, 3.05) is 0 Å². The van der Waals surface area contributed by atoms with Gasteiger partial charge in [0.1, 0.15) is 5.58 Å². The summed E-state index contributed by atoms with van der Waals surface area (Å²) in [6.07, 6.45) is 4.54. The number of benzene rings is 1. The Hall–Kier alpha value is -2.34. The summed E-state index contributed by atoms with van der Waals surface area (Å²) < 4.78 is 11.3. The van der Waals surface area contributed by atoms with E-state index < -0.39 is 5.91 Å². The first kappa shape index (κ1) is 12.7. The van der Waals surface area contributed by atoms with E-state index in [1.54, 1.807) is 18.2 Å². The zero-order valence-corrected chi connectivity index (χ0v) is 11.8. The largest absolute Gasteiger partial charge is 0.472 e. The highest BCUT2D eigenvalue weighted by Gasteiger charge is 2.11. The van der Waals surface area contributed by atoms with Gasteiger partial charge in [-0.05, 0) is 30.3 Å². The molecular formula is C14H9BrN2O3. The molecule has 5 nitrogen and oxygen atoms in total. The molecule has 0 aliphatic heterocycles. The predicted octanol–water partition coefficient (Wildman–Crippen LogP) is 3.55. The van der Waals surface area contributed by atoms with Gasteiger partial charge in [-0.2, -0.15) is 5.10 Å². The number of halogens is 1. The van der Waals surface area contributed by atoms with Crippen LogP contribution in [0.4, 0.5) is 0 Å². The number of amides is 1. The van der Waals surface area contributed by atoms with E-state index in [1.807, 2.05) is 12.1 Å². The Balaban J connectivity index is 1.75. The summed E-state index contributed by atoms with van der Waals surface area (Å²) >= 11 is 3.37. The zero-order chi connectivity index (χ0) is 13.9. The van der Waals surface area contributed by atoms with Crippen LogP contribution in [0.25, 0.3) is 11.0 Å². The Kier molecular flexibility index (Phi) is 3.39. The lowest BCUT2D eigenvalue weighted by atomic mass is 10.2. The highest BCUT2D eigenvalue weighted by molar-refractivity contribution is 9.10. The van der Waals surface area contributed by atoms with E-state index in [2.05, 4.69) is 26.5 Å². The minimum absolute atomic E-state index is 0.211. The van der Waals surface area contributed by atoms with Crippen molar-refractivity contribution in [2.24, 2.45) is 5.10 Å². The SMILES string of the molecule is O=C(N/N=C/c1ccoc1)c1cc2cc(Br)ccc2o1. The van der Waals surface area contributed by atoms with Gasteiger partial charge in [-0.3, -0.25) is 4.79 Å². The topological polar surface area (TPSA) is 67.7 Å². The Labute approximate surface area is 122 Å².